The number of carbonyl (C=O) groups is 3. The van der Waals surface area contributed by atoms with Crippen LogP contribution in [0.25, 0.3) is 0 Å². The van der Waals surface area contributed by atoms with Crippen molar-refractivity contribution in [2.75, 3.05) is 12.1 Å². The Morgan fingerprint density at radius 2 is 1.81 bits per heavy atom. The van der Waals surface area contributed by atoms with E-state index >= 15 is 0 Å². The Bertz CT molecular complexity index is 892. The van der Waals surface area contributed by atoms with Gasteiger partial charge in [0.05, 0.1) is 18.4 Å². The van der Waals surface area contributed by atoms with Crippen molar-refractivity contribution in [3.8, 4) is 0 Å². The van der Waals surface area contributed by atoms with E-state index in [1.165, 1.54) is 12.1 Å². The summed E-state index contributed by atoms with van der Waals surface area (Å²) in [7, 11) is 1.30. The number of amides is 1. The number of para-hydroxylation sites is 1. The van der Waals surface area contributed by atoms with Gasteiger partial charge in [0.25, 0.3) is 0 Å². The second-order valence-electron chi connectivity index (χ2n) is 5.86. The largest absolute Gasteiger partial charge is 0.465 e. The predicted molar refractivity (Wildman–Crippen MR) is 98.2 cm³/mol. The fourth-order valence-electron chi connectivity index (χ4n) is 2.61. The first-order chi connectivity index (χ1) is 13.1. The zero-order chi connectivity index (χ0) is 19.2. The van der Waals surface area contributed by atoms with Crippen LogP contribution >= 0.6 is 0 Å². The molecule has 2 aromatic rings. The lowest BCUT2D eigenvalue weighted by molar-refractivity contribution is -0.137. The van der Waals surface area contributed by atoms with Crippen LogP contribution in [0, 0.1) is 0 Å². The molecule has 0 fully saturated rings. The summed E-state index contributed by atoms with van der Waals surface area (Å²) >= 11 is 0. The predicted octanol–water partition coefficient (Wildman–Crippen LogP) is 2.70. The molecule has 7 heteroatoms. The van der Waals surface area contributed by atoms with Gasteiger partial charge < -0.3 is 9.47 Å². The van der Waals surface area contributed by atoms with Gasteiger partial charge in [-0.3, -0.25) is 4.79 Å². The molecule has 3 rings (SSSR count). The fourth-order valence-corrected chi connectivity index (χ4v) is 2.61. The van der Waals surface area contributed by atoms with E-state index in [4.69, 9.17) is 4.74 Å². The number of anilines is 1. The molecule has 0 saturated carbocycles. The molecule has 27 heavy (non-hydrogen) atoms. The Hall–Kier alpha value is -3.48. The van der Waals surface area contributed by atoms with Crippen molar-refractivity contribution in [1.29, 1.82) is 0 Å². The molecule has 0 atom stereocenters. The topological polar surface area (TPSA) is 85.3 Å². The number of ether oxygens (including phenoxy) is 2. The molecule has 1 heterocycles. The van der Waals surface area contributed by atoms with Gasteiger partial charge in [-0.25, -0.2) is 14.6 Å². The summed E-state index contributed by atoms with van der Waals surface area (Å²) in [5.41, 5.74) is 1.81. The van der Waals surface area contributed by atoms with Gasteiger partial charge >= 0.3 is 11.9 Å². The van der Waals surface area contributed by atoms with Gasteiger partial charge in [0.2, 0.25) is 5.91 Å². The Kier molecular flexibility index (Phi) is 5.61. The molecule has 0 aliphatic carbocycles. The van der Waals surface area contributed by atoms with Crippen molar-refractivity contribution in [2.45, 2.75) is 19.4 Å². The first kappa shape index (κ1) is 18.3. The first-order valence-electron chi connectivity index (χ1n) is 8.38. The summed E-state index contributed by atoms with van der Waals surface area (Å²) < 4.78 is 9.97. The van der Waals surface area contributed by atoms with Crippen LogP contribution in [-0.4, -0.2) is 30.7 Å². The van der Waals surface area contributed by atoms with E-state index in [1.54, 1.807) is 48.5 Å². The van der Waals surface area contributed by atoms with Crippen molar-refractivity contribution in [2.24, 2.45) is 5.10 Å². The Balaban J connectivity index is 1.69. The van der Waals surface area contributed by atoms with Crippen LogP contribution in [-0.2, 0) is 25.7 Å². The maximum Gasteiger partial charge on any atom is 0.354 e. The van der Waals surface area contributed by atoms with E-state index in [-0.39, 0.29) is 31.1 Å². The molecule has 0 aromatic heterocycles. The maximum absolute atomic E-state index is 12.3. The van der Waals surface area contributed by atoms with E-state index in [0.717, 1.165) is 0 Å². The average Bonchev–Trinajstić information content (AvgIpc) is 2.72. The summed E-state index contributed by atoms with van der Waals surface area (Å²) in [6.07, 6.45) is 0.407. The molecule has 0 unspecified atom stereocenters. The van der Waals surface area contributed by atoms with E-state index < -0.39 is 11.9 Å². The molecule has 1 aliphatic heterocycles. The molecular formula is C20H18N2O5. The SMILES string of the molecule is COC(=O)c1cccc(COC(=O)C2=NN(c3ccccc3)C(=O)CC2)c1. The lowest BCUT2D eigenvalue weighted by atomic mass is 10.1. The first-order valence-corrected chi connectivity index (χ1v) is 8.38. The van der Waals surface area contributed by atoms with Crippen molar-refractivity contribution in [3.63, 3.8) is 0 Å². The summed E-state index contributed by atoms with van der Waals surface area (Å²) in [5.74, 6) is -1.23. The maximum atomic E-state index is 12.3. The van der Waals surface area contributed by atoms with Crippen LogP contribution in [0.3, 0.4) is 0 Å². The highest BCUT2D eigenvalue weighted by molar-refractivity contribution is 6.37. The monoisotopic (exact) mass is 366 g/mol. The lowest BCUT2D eigenvalue weighted by Crippen LogP contribution is -2.34. The van der Waals surface area contributed by atoms with Crippen molar-refractivity contribution < 1.29 is 23.9 Å². The number of hydrogen-bond donors (Lipinski definition) is 0. The van der Waals surface area contributed by atoms with E-state index in [1.807, 2.05) is 6.07 Å². The van der Waals surface area contributed by atoms with Crippen LogP contribution < -0.4 is 5.01 Å². The number of carbonyl (C=O) groups excluding carboxylic acids is 3. The van der Waals surface area contributed by atoms with Gasteiger partial charge in [-0.15, -0.1) is 0 Å². The van der Waals surface area contributed by atoms with Gasteiger partial charge in [0.1, 0.15) is 12.3 Å². The Labute approximate surface area is 156 Å². The van der Waals surface area contributed by atoms with Gasteiger partial charge in [0, 0.05) is 12.8 Å². The zero-order valence-corrected chi connectivity index (χ0v) is 14.8. The van der Waals surface area contributed by atoms with Crippen molar-refractivity contribution in [1.82, 2.24) is 0 Å². The highest BCUT2D eigenvalue weighted by atomic mass is 16.5. The van der Waals surface area contributed by atoms with Gasteiger partial charge in [-0.2, -0.15) is 5.10 Å². The molecule has 2 aromatic carbocycles. The molecule has 0 radical (unpaired) electrons. The summed E-state index contributed by atoms with van der Waals surface area (Å²) in [6, 6.07) is 15.5. The molecule has 0 saturated heterocycles. The molecular weight excluding hydrogens is 348 g/mol. The Morgan fingerprint density at radius 3 is 2.56 bits per heavy atom. The minimum absolute atomic E-state index is 0.0119. The number of hydrazone groups is 1. The van der Waals surface area contributed by atoms with E-state index in [0.29, 0.717) is 16.8 Å². The number of hydrogen-bond acceptors (Lipinski definition) is 6. The summed E-state index contributed by atoms with van der Waals surface area (Å²) in [4.78, 5) is 36.0. The lowest BCUT2D eigenvalue weighted by Gasteiger charge is -2.22. The molecule has 1 aliphatic rings. The quantitative estimate of drug-likeness (QED) is 0.760. The van der Waals surface area contributed by atoms with E-state index in [9.17, 15) is 14.4 Å². The van der Waals surface area contributed by atoms with Crippen LogP contribution in [0.1, 0.15) is 28.8 Å². The van der Waals surface area contributed by atoms with Crippen LogP contribution in [0.2, 0.25) is 0 Å². The van der Waals surface area contributed by atoms with Crippen LogP contribution in [0.5, 0.6) is 0 Å². The van der Waals surface area contributed by atoms with Crippen LogP contribution in [0.4, 0.5) is 5.69 Å². The highest BCUT2D eigenvalue weighted by Crippen LogP contribution is 2.20. The highest BCUT2D eigenvalue weighted by Gasteiger charge is 2.26. The number of benzene rings is 2. The van der Waals surface area contributed by atoms with Crippen molar-refractivity contribution in [3.05, 3.63) is 65.7 Å². The minimum Gasteiger partial charge on any atom is -0.465 e. The smallest absolute Gasteiger partial charge is 0.354 e. The number of nitrogens with zero attached hydrogens (tertiary/aromatic N) is 2. The second-order valence-corrected chi connectivity index (χ2v) is 5.86. The van der Waals surface area contributed by atoms with Gasteiger partial charge in [-0.05, 0) is 29.8 Å². The molecule has 1 amide bonds. The van der Waals surface area contributed by atoms with Crippen molar-refractivity contribution >= 4 is 29.2 Å². The van der Waals surface area contributed by atoms with Crippen LogP contribution in [0.15, 0.2) is 59.7 Å². The molecule has 0 spiro atoms. The molecule has 7 nitrogen and oxygen atoms in total. The normalized spacial score (nSPS) is 13.7. The summed E-state index contributed by atoms with van der Waals surface area (Å²) in [6.45, 7) is -0.0119. The number of rotatable bonds is 5. The third-order valence-electron chi connectivity index (χ3n) is 3.99. The van der Waals surface area contributed by atoms with E-state index in [2.05, 4.69) is 9.84 Å². The Morgan fingerprint density at radius 1 is 1.04 bits per heavy atom. The average molecular weight is 366 g/mol. The summed E-state index contributed by atoms with van der Waals surface area (Å²) in [5, 5.41) is 5.38. The molecule has 138 valence electrons. The third kappa shape index (κ3) is 4.38. The van der Waals surface area contributed by atoms with Gasteiger partial charge in [-0.1, -0.05) is 30.3 Å². The fraction of sp³-hybridized carbons (Fsp3) is 0.200. The minimum atomic E-state index is -0.591. The zero-order valence-electron chi connectivity index (χ0n) is 14.8. The van der Waals surface area contributed by atoms with Gasteiger partial charge in [0.15, 0.2) is 0 Å². The molecule has 0 N–H and O–H groups in total. The third-order valence-corrected chi connectivity index (χ3v) is 3.99. The molecule has 0 bridgehead atoms. The standard InChI is InChI=1S/C20H18N2O5/c1-26-19(24)15-7-5-6-14(12-15)13-27-20(25)17-10-11-18(23)22(21-17)16-8-3-2-4-9-16/h2-9,12H,10-11,13H2,1H3. The number of methoxy groups -OCH3 is 1. The second kappa shape index (κ2) is 8.27. The number of esters is 2.